The lowest BCUT2D eigenvalue weighted by Gasteiger charge is -2.16. The van der Waals surface area contributed by atoms with E-state index in [1.165, 1.54) is 33.5 Å². The maximum atomic E-state index is 12.5. The van der Waals surface area contributed by atoms with Crippen molar-refractivity contribution in [2.75, 3.05) is 19.5 Å². The number of para-hydroxylation sites is 1. The molecule has 1 unspecified atom stereocenters. The summed E-state index contributed by atoms with van der Waals surface area (Å²) in [4.78, 5) is 33.4. The predicted octanol–water partition coefficient (Wildman–Crippen LogP) is 2.83. The normalized spacial score (nSPS) is 11.5. The van der Waals surface area contributed by atoms with Crippen molar-refractivity contribution in [3.05, 3.63) is 54.4 Å². The summed E-state index contributed by atoms with van der Waals surface area (Å²) >= 11 is 0. The first kappa shape index (κ1) is 19.1. The maximum absolute atomic E-state index is 12.5. The number of esters is 1. The van der Waals surface area contributed by atoms with Crippen molar-refractivity contribution < 1.29 is 23.8 Å². The minimum absolute atomic E-state index is 0.240. The van der Waals surface area contributed by atoms with Crippen LogP contribution in [0.3, 0.4) is 0 Å². The first-order chi connectivity index (χ1) is 13.5. The summed E-state index contributed by atoms with van der Waals surface area (Å²) in [5.41, 5.74) is 1.63. The molecule has 1 amide bonds. The monoisotopic (exact) mass is 381 g/mol. The fourth-order valence-corrected chi connectivity index (χ4v) is 2.58. The van der Waals surface area contributed by atoms with E-state index in [0.717, 1.165) is 0 Å². The van der Waals surface area contributed by atoms with Crippen LogP contribution >= 0.6 is 0 Å². The number of nitrogens with one attached hydrogen (secondary N) is 1. The van der Waals surface area contributed by atoms with E-state index >= 15 is 0 Å². The van der Waals surface area contributed by atoms with Gasteiger partial charge in [0.05, 0.1) is 31.0 Å². The Balaban J connectivity index is 1.75. The highest BCUT2D eigenvalue weighted by Gasteiger charge is 2.22. The Hall–Kier alpha value is -3.68. The Morgan fingerprint density at radius 1 is 1.04 bits per heavy atom. The average molecular weight is 381 g/mol. The van der Waals surface area contributed by atoms with Crippen LogP contribution in [-0.2, 0) is 9.53 Å². The number of ether oxygens (including phenoxy) is 3. The van der Waals surface area contributed by atoms with Crippen LogP contribution in [-0.4, -0.2) is 42.2 Å². The molecule has 3 rings (SSSR count). The van der Waals surface area contributed by atoms with Gasteiger partial charge in [-0.1, -0.05) is 6.07 Å². The number of hydrogen-bond donors (Lipinski definition) is 1. The third kappa shape index (κ3) is 4.01. The molecule has 2 aromatic carbocycles. The van der Waals surface area contributed by atoms with E-state index in [1.54, 1.807) is 36.4 Å². The van der Waals surface area contributed by atoms with Crippen LogP contribution in [0.25, 0.3) is 11.0 Å². The molecule has 0 aliphatic rings. The zero-order valence-corrected chi connectivity index (χ0v) is 15.6. The molecule has 1 N–H and O–H groups in total. The van der Waals surface area contributed by atoms with Crippen LogP contribution < -0.4 is 14.8 Å². The average Bonchev–Trinajstić information content (AvgIpc) is 2.73. The lowest BCUT2D eigenvalue weighted by Crippen LogP contribution is -2.30. The summed E-state index contributed by atoms with van der Waals surface area (Å²) in [5, 5.41) is 2.68. The highest BCUT2D eigenvalue weighted by Crippen LogP contribution is 2.29. The lowest BCUT2D eigenvalue weighted by molar-refractivity contribution is -0.123. The van der Waals surface area contributed by atoms with Crippen LogP contribution in [0.15, 0.2) is 48.8 Å². The molecule has 8 nitrogen and oxygen atoms in total. The van der Waals surface area contributed by atoms with Crippen LogP contribution in [0.4, 0.5) is 5.69 Å². The molecule has 0 saturated carbocycles. The van der Waals surface area contributed by atoms with Crippen molar-refractivity contribution in [1.82, 2.24) is 9.97 Å². The van der Waals surface area contributed by atoms with Gasteiger partial charge in [0, 0.05) is 18.5 Å². The first-order valence-electron chi connectivity index (χ1n) is 8.47. The van der Waals surface area contributed by atoms with Crippen molar-refractivity contribution in [3.63, 3.8) is 0 Å². The Kier molecular flexibility index (Phi) is 5.69. The number of benzene rings is 2. The highest BCUT2D eigenvalue weighted by molar-refractivity contribution is 6.03. The molecule has 0 radical (unpaired) electrons. The van der Waals surface area contributed by atoms with Gasteiger partial charge < -0.3 is 19.5 Å². The fraction of sp³-hybridized carbons (Fsp3) is 0.200. The van der Waals surface area contributed by atoms with E-state index in [-0.39, 0.29) is 5.56 Å². The molecule has 3 aromatic rings. The molecule has 0 bridgehead atoms. The second kappa shape index (κ2) is 8.34. The highest BCUT2D eigenvalue weighted by atomic mass is 16.5. The molecule has 0 aliphatic carbocycles. The Bertz CT molecular complexity index is 1020. The van der Waals surface area contributed by atoms with Gasteiger partial charge in [0.1, 0.15) is 17.0 Å². The maximum Gasteiger partial charge on any atom is 0.341 e. The van der Waals surface area contributed by atoms with Crippen molar-refractivity contribution in [3.8, 4) is 11.5 Å². The molecule has 0 saturated heterocycles. The molecule has 1 heterocycles. The summed E-state index contributed by atoms with van der Waals surface area (Å²) in [5.74, 6) is -0.162. The second-order valence-corrected chi connectivity index (χ2v) is 5.83. The molecule has 8 heteroatoms. The van der Waals surface area contributed by atoms with Crippen molar-refractivity contribution in [2.45, 2.75) is 13.0 Å². The minimum Gasteiger partial charge on any atom is -0.497 e. The molecule has 0 fully saturated rings. The molecule has 0 aliphatic heterocycles. The summed E-state index contributed by atoms with van der Waals surface area (Å²) in [6.07, 6.45) is 1.98. The number of rotatable bonds is 6. The third-order valence-corrected chi connectivity index (χ3v) is 4.04. The molecule has 144 valence electrons. The zero-order valence-electron chi connectivity index (χ0n) is 15.6. The van der Waals surface area contributed by atoms with Gasteiger partial charge in [0.2, 0.25) is 0 Å². The van der Waals surface area contributed by atoms with Gasteiger partial charge in [0.15, 0.2) is 6.10 Å². The van der Waals surface area contributed by atoms with E-state index in [1.807, 2.05) is 0 Å². The largest absolute Gasteiger partial charge is 0.497 e. The van der Waals surface area contributed by atoms with Crippen LogP contribution in [0.5, 0.6) is 11.5 Å². The Labute approximate surface area is 161 Å². The summed E-state index contributed by atoms with van der Waals surface area (Å²) in [6, 6.07) is 9.99. The third-order valence-electron chi connectivity index (χ3n) is 4.04. The van der Waals surface area contributed by atoms with Gasteiger partial charge in [-0.05, 0) is 31.2 Å². The quantitative estimate of drug-likeness (QED) is 0.655. The van der Waals surface area contributed by atoms with Gasteiger partial charge in [-0.3, -0.25) is 14.8 Å². The van der Waals surface area contributed by atoms with Gasteiger partial charge in [-0.2, -0.15) is 0 Å². The Morgan fingerprint density at radius 2 is 1.82 bits per heavy atom. The van der Waals surface area contributed by atoms with Gasteiger partial charge >= 0.3 is 5.97 Å². The summed E-state index contributed by atoms with van der Waals surface area (Å²) in [6.45, 7) is 1.48. The number of methoxy groups -OCH3 is 2. The van der Waals surface area contributed by atoms with Crippen LogP contribution in [0.2, 0.25) is 0 Å². The number of anilines is 1. The zero-order chi connectivity index (χ0) is 20.1. The van der Waals surface area contributed by atoms with E-state index < -0.39 is 18.0 Å². The number of fused-ring (bicyclic) bond motifs is 1. The molecule has 0 spiro atoms. The number of carbonyl (C=O) groups excluding carboxylic acids is 2. The van der Waals surface area contributed by atoms with Crippen molar-refractivity contribution in [2.24, 2.45) is 0 Å². The molecule has 28 heavy (non-hydrogen) atoms. The number of aromatic nitrogens is 2. The molecule has 1 atom stereocenters. The number of nitrogens with zero attached hydrogens (tertiary/aromatic N) is 2. The van der Waals surface area contributed by atoms with Crippen LogP contribution in [0, 0.1) is 0 Å². The standard InChI is InChI=1S/C20H19N3O5/c1-12(19(24)23-16-11-13(26-2)7-8-17(16)27-3)28-20(25)14-5-4-6-15-18(14)22-10-9-21-15/h4-12H,1-3H3,(H,23,24). The fourth-order valence-electron chi connectivity index (χ4n) is 2.58. The van der Waals surface area contributed by atoms with Gasteiger partial charge in [-0.25, -0.2) is 4.79 Å². The van der Waals surface area contributed by atoms with E-state index in [4.69, 9.17) is 14.2 Å². The lowest BCUT2D eigenvalue weighted by atomic mass is 10.2. The predicted molar refractivity (Wildman–Crippen MR) is 103 cm³/mol. The minimum atomic E-state index is -1.05. The molecular weight excluding hydrogens is 362 g/mol. The van der Waals surface area contributed by atoms with Crippen molar-refractivity contribution >= 4 is 28.6 Å². The van der Waals surface area contributed by atoms with Crippen LogP contribution in [0.1, 0.15) is 17.3 Å². The summed E-state index contributed by atoms with van der Waals surface area (Å²) < 4.78 is 15.7. The van der Waals surface area contributed by atoms with E-state index in [9.17, 15) is 9.59 Å². The number of carbonyl (C=O) groups is 2. The Morgan fingerprint density at radius 3 is 2.57 bits per heavy atom. The SMILES string of the molecule is COc1ccc(OC)c(NC(=O)C(C)OC(=O)c2cccc3nccnc23)c1. The van der Waals surface area contributed by atoms with E-state index in [0.29, 0.717) is 28.2 Å². The number of hydrogen-bond acceptors (Lipinski definition) is 7. The second-order valence-electron chi connectivity index (χ2n) is 5.83. The summed E-state index contributed by atoms with van der Waals surface area (Å²) in [7, 11) is 3.01. The molecule has 1 aromatic heterocycles. The van der Waals surface area contributed by atoms with E-state index in [2.05, 4.69) is 15.3 Å². The van der Waals surface area contributed by atoms with Gasteiger partial charge in [-0.15, -0.1) is 0 Å². The van der Waals surface area contributed by atoms with Gasteiger partial charge in [0.25, 0.3) is 5.91 Å². The number of amides is 1. The topological polar surface area (TPSA) is 99.6 Å². The molecular formula is C20H19N3O5. The smallest absolute Gasteiger partial charge is 0.341 e. The van der Waals surface area contributed by atoms with Crippen molar-refractivity contribution in [1.29, 1.82) is 0 Å². The first-order valence-corrected chi connectivity index (χ1v) is 8.47.